The van der Waals surface area contributed by atoms with Crippen LogP contribution in [0, 0.1) is 11.3 Å². The van der Waals surface area contributed by atoms with E-state index in [9.17, 15) is 23.1 Å². The third-order valence-corrected chi connectivity index (χ3v) is 3.54. The molecule has 1 aliphatic carbocycles. The van der Waals surface area contributed by atoms with Gasteiger partial charge in [0.2, 0.25) is 0 Å². The van der Waals surface area contributed by atoms with E-state index in [2.05, 4.69) is 0 Å². The van der Waals surface area contributed by atoms with Gasteiger partial charge in [0, 0.05) is 17.7 Å². The van der Waals surface area contributed by atoms with Crippen LogP contribution in [0.5, 0.6) is 0 Å². The molecule has 0 aromatic carbocycles. The summed E-state index contributed by atoms with van der Waals surface area (Å²) in [5.41, 5.74) is -1.04. The summed E-state index contributed by atoms with van der Waals surface area (Å²) in [5, 5.41) is 18.2. The van der Waals surface area contributed by atoms with Crippen LogP contribution in [0.25, 0.3) is 0 Å². The molecule has 1 aromatic rings. The van der Waals surface area contributed by atoms with Crippen molar-refractivity contribution in [2.45, 2.75) is 32.0 Å². The molecule has 0 spiro atoms. The minimum atomic E-state index is -4.62. The number of alkyl halides is 3. The van der Waals surface area contributed by atoms with Gasteiger partial charge >= 0.3 is 12.1 Å². The maximum absolute atomic E-state index is 13.1. The third-order valence-electron chi connectivity index (χ3n) is 3.54. The van der Waals surface area contributed by atoms with Gasteiger partial charge in [-0.05, 0) is 18.6 Å². The van der Waals surface area contributed by atoms with E-state index in [1.54, 1.807) is 25.2 Å². The van der Waals surface area contributed by atoms with E-state index in [1.807, 2.05) is 6.07 Å². The fourth-order valence-electron chi connectivity index (χ4n) is 2.64. The van der Waals surface area contributed by atoms with E-state index in [-0.39, 0.29) is 18.5 Å². The summed E-state index contributed by atoms with van der Waals surface area (Å²) in [6, 6.07) is 2.01. The van der Waals surface area contributed by atoms with Crippen LogP contribution in [0.15, 0.2) is 29.9 Å². The van der Waals surface area contributed by atoms with E-state index in [0.29, 0.717) is 11.6 Å². The summed E-state index contributed by atoms with van der Waals surface area (Å²) in [6.45, 7) is 1.54. The largest absolute Gasteiger partial charge is 0.477 e. The second kappa shape index (κ2) is 5.72. The molecule has 7 heteroatoms. The minimum Gasteiger partial charge on any atom is -0.477 e. The summed E-state index contributed by atoms with van der Waals surface area (Å²) < 4.78 is 40.5. The quantitative estimate of drug-likeness (QED) is 0.925. The molecule has 1 unspecified atom stereocenters. The molecule has 2 rings (SSSR count). The van der Waals surface area contributed by atoms with Crippen LogP contribution in [-0.2, 0) is 12.6 Å². The second-order valence-corrected chi connectivity index (χ2v) is 4.88. The van der Waals surface area contributed by atoms with Gasteiger partial charge < -0.3 is 9.67 Å². The average Bonchev–Trinajstić information content (AvgIpc) is 2.87. The molecule has 4 nitrogen and oxygen atoms in total. The first kappa shape index (κ1) is 15.9. The van der Waals surface area contributed by atoms with E-state index in [4.69, 9.17) is 5.26 Å². The van der Waals surface area contributed by atoms with Crippen molar-refractivity contribution in [2.24, 2.45) is 0 Å². The number of aromatic carboxylic acids is 1. The van der Waals surface area contributed by atoms with Gasteiger partial charge in [-0.1, -0.05) is 19.1 Å². The number of carboxylic acids is 1. The molecule has 22 heavy (non-hydrogen) atoms. The number of halogens is 3. The van der Waals surface area contributed by atoms with Gasteiger partial charge in [0.05, 0.1) is 17.7 Å². The lowest BCUT2D eigenvalue weighted by atomic mass is 10.0. The van der Waals surface area contributed by atoms with Crippen LogP contribution in [0.3, 0.4) is 0 Å². The standard InChI is InChI=1S/C15H13F3N2O2/c1-2-12-11(15(16,17)18)7-13(14(21)22)20(12)10-5-3-4-9(6-10)8-19/h3-5,7,10H,2,6H2,1H3,(H,21,22). The van der Waals surface area contributed by atoms with Crippen molar-refractivity contribution in [1.29, 1.82) is 5.26 Å². The number of allylic oxidation sites excluding steroid dienone is 4. The van der Waals surface area contributed by atoms with Gasteiger partial charge in [0.15, 0.2) is 0 Å². The molecular formula is C15H13F3N2O2. The SMILES string of the molecule is CCc1c(C(F)(F)F)cc(C(=O)O)n1C1C=CC=C(C#N)C1. The first-order valence-electron chi connectivity index (χ1n) is 6.61. The molecule has 0 bridgehead atoms. The first-order valence-corrected chi connectivity index (χ1v) is 6.61. The Balaban J connectivity index is 2.62. The van der Waals surface area contributed by atoms with Gasteiger partial charge in [0.25, 0.3) is 0 Å². The van der Waals surface area contributed by atoms with Crippen molar-refractivity contribution in [2.75, 3.05) is 0 Å². The number of rotatable bonds is 3. The molecule has 0 radical (unpaired) electrons. The smallest absolute Gasteiger partial charge is 0.418 e. The Morgan fingerprint density at radius 2 is 2.23 bits per heavy atom. The highest BCUT2D eigenvalue weighted by atomic mass is 19.4. The van der Waals surface area contributed by atoms with E-state index < -0.39 is 29.4 Å². The number of aromatic nitrogens is 1. The van der Waals surface area contributed by atoms with Crippen molar-refractivity contribution < 1.29 is 23.1 Å². The predicted molar refractivity (Wildman–Crippen MR) is 72.3 cm³/mol. The van der Waals surface area contributed by atoms with Gasteiger partial charge in [0.1, 0.15) is 5.69 Å². The molecule has 1 N–H and O–H groups in total. The second-order valence-electron chi connectivity index (χ2n) is 4.88. The van der Waals surface area contributed by atoms with Gasteiger partial charge in [-0.15, -0.1) is 0 Å². The monoisotopic (exact) mass is 310 g/mol. The van der Waals surface area contributed by atoms with Crippen molar-refractivity contribution in [1.82, 2.24) is 4.57 Å². The number of nitrogens with zero attached hydrogens (tertiary/aromatic N) is 2. The number of carbonyl (C=O) groups is 1. The Morgan fingerprint density at radius 1 is 1.55 bits per heavy atom. The van der Waals surface area contributed by atoms with Crippen LogP contribution < -0.4 is 0 Å². The first-order chi connectivity index (χ1) is 10.3. The van der Waals surface area contributed by atoms with Crippen molar-refractivity contribution in [3.63, 3.8) is 0 Å². The Labute approximate surface area is 124 Å². The van der Waals surface area contributed by atoms with Crippen molar-refractivity contribution in [3.05, 3.63) is 46.8 Å². The van der Waals surface area contributed by atoms with Crippen molar-refractivity contribution >= 4 is 5.97 Å². The van der Waals surface area contributed by atoms with Crippen LogP contribution in [0.2, 0.25) is 0 Å². The lowest BCUT2D eigenvalue weighted by Crippen LogP contribution is -2.18. The number of nitriles is 1. The molecule has 0 aliphatic heterocycles. The van der Waals surface area contributed by atoms with E-state index >= 15 is 0 Å². The molecule has 0 amide bonds. The lowest BCUT2D eigenvalue weighted by molar-refractivity contribution is -0.138. The molecule has 0 saturated heterocycles. The minimum absolute atomic E-state index is 0.0397. The van der Waals surface area contributed by atoms with Crippen LogP contribution in [-0.4, -0.2) is 15.6 Å². The zero-order valence-electron chi connectivity index (χ0n) is 11.7. The summed E-state index contributed by atoms with van der Waals surface area (Å²) in [4.78, 5) is 11.3. The van der Waals surface area contributed by atoms with E-state index in [0.717, 1.165) is 0 Å². The fourth-order valence-corrected chi connectivity index (χ4v) is 2.64. The molecule has 1 aliphatic rings. The third kappa shape index (κ3) is 2.77. The van der Waals surface area contributed by atoms with E-state index in [1.165, 1.54) is 4.57 Å². The summed E-state index contributed by atoms with van der Waals surface area (Å²) in [6.07, 6.45) is 0.325. The van der Waals surface area contributed by atoms with Crippen LogP contribution in [0.1, 0.15) is 41.1 Å². The Hall–Kier alpha value is -2.49. The number of hydrogen-bond donors (Lipinski definition) is 1. The van der Waals surface area contributed by atoms with Gasteiger partial charge in [-0.25, -0.2) is 4.79 Å². The highest BCUT2D eigenvalue weighted by molar-refractivity contribution is 5.86. The number of carboxylic acid groups (broad SMARTS) is 1. The molecule has 0 fully saturated rings. The Kier molecular flexibility index (Phi) is 4.13. The van der Waals surface area contributed by atoms with Crippen molar-refractivity contribution in [3.8, 4) is 6.07 Å². The molecule has 1 aromatic heterocycles. The predicted octanol–water partition coefficient (Wildman–Crippen LogP) is 3.72. The van der Waals surface area contributed by atoms with Crippen LogP contribution >= 0.6 is 0 Å². The van der Waals surface area contributed by atoms with Crippen LogP contribution in [0.4, 0.5) is 13.2 Å². The number of hydrogen-bond acceptors (Lipinski definition) is 2. The topological polar surface area (TPSA) is 66.0 Å². The zero-order valence-corrected chi connectivity index (χ0v) is 11.7. The maximum atomic E-state index is 13.1. The molecule has 0 saturated carbocycles. The molecule has 116 valence electrons. The summed E-state index contributed by atoms with van der Waals surface area (Å²) in [5.74, 6) is -1.42. The Bertz CT molecular complexity index is 706. The molecular weight excluding hydrogens is 297 g/mol. The Morgan fingerprint density at radius 3 is 2.73 bits per heavy atom. The summed E-state index contributed by atoms with van der Waals surface area (Å²) in [7, 11) is 0. The highest BCUT2D eigenvalue weighted by Gasteiger charge is 2.38. The highest BCUT2D eigenvalue weighted by Crippen LogP contribution is 2.37. The average molecular weight is 310 g/mol. The van der Waals surface area contributed by atoms with Gasteiger partial charge in [-0.2, -0.15) is 18.4 Å². The lowest BCUT2D eigenvalue weighted by Gasteiger charge is -2.22. The molecule has 1 atom stereocenters. The zero-order chi connectivity index (χ0) is 16.5. The normalized spacial score (nSPS) is 18.0. The van der Waals surface area contributed by atoms with Gasteiger partial charge in [-0.3, -0.25) is 0 Å². The molecule has 1 heterocycles. The maximum Gasteiger partial charge on any atom is 0.418 e. The fraction of sp³-hybridized carbons (Fsp3) is 0.333. The summed E-state index contributed by atoms with van der Waals surface area (Å²) >= 11 is 0.